The summed E-state index contributed by atoms with van der Waals surface area (Å²) in [5.41, 5.74) is 4.61. The maximum Gasteiger partial charge on any atom is 0.195 e. The van der Waals surface area contributed by atoms with Gasteiger partial charge < -0.3 is 4.98 Å². The van der Waals surface area contributed by atoms with E-state index in [0.717, 1.165) is 26.5 Å². The van der Waals surface area contributed by atoms with Gasteiger partial charge in [-0.1, -0.05) is 45.8 Å². The van der Waals surface area contributed by atoms with E-state index in [1.54, 1.807) is 6.20 Å². The minimum absolute atomic E-state index is 0.0562. The van der Waals surface area contributed by atoms with Gasteiger partial charge in [-0.15, -0.1) is 0 Å². The number of halogens is 1. The maximum absolute atomic E-state index is 12.8. The summed E-state index contributed by atoms with van der Waals surface area (Å²) < 4.78 is 0.935. The van der Waals surface area contributed by atoms with Gasteiger partial charge in [0, 0.05) is 32.7 Å². The summed E-state index contributed by atoms with van der Waals surface area (Å²) in [5.74, 6) is 0.0562. The lowest BCUT2D eigenvalue weighted by Gasteiger charge is -2.06. The highest BCUT2D eigenvalue weighted by Gasteiger charge is 2.17. The molecule has 1 aromatic heterocycles. The van der Waals surface area contributed by atoms with Crippen LogP contribution in [0.2, 0.25) is 0 Å². The molecule has 3 rings (SSSR count). The second-order valence-corrected chi connectivity index (χ2v) is 5.87. The summed E-state index contributed by atoms with van der Waals surface area (Å²) >= 11 is 3.53. The van der Waals surface area contributed by atoms with E-state index < -0.39 is 0 Å². The molecule has 0 bridgehead atoms. The van der Waals surface area contributed by atoms with Gasteiger partial charge in [0.2, 0.25) is 0 Å². The van der Waals surface area contributed by atoms with Crippen molar-refractivity contribution in [3.63, 3.8) is 0 Å². The van der Waals surface area contributed by atoms with Crippen molar-refractivity contribution in [3.05, 3.63) is 69.3 Å². The molecule has 0 spiro atoms. The van der Waals surface area contributed by atoms with Crippen LogP contribution in [0.25, 0.3) is 10.9 Å². The topological polar surface area (TPSA) is 32.9 Å². The number of benzene rings is 2. The van der Waals surface area contributed by atoms with E-state index in [-0.39, 0.29) is 5.78 Å². The highest BCUT2D eigenvalue weighted by atomic mass is 79.9. The van der Waals surface area contributed by atoms with E-state index in [2.05, 4.69) is 20.9 Å². The van der Waals surface area contributed by atoms with Gasteiger partial charge in [-0.05, 0) is 31.5 Å². The first-order chi connectivity index (χ1) is 9.58. The fourth-order valence-electron chi connectivity index (χ4n) is 2.53. The summed E-state index contributed by atoms with van der Waals surface area (Å²) in [5, 5.41) is 0.942. The first-order valence-corrected chi connectivity index (χ1v) is 7.25. The summed E-state index contributed by atoms with van der Waals surface area (Å²) in [4.78, 5) is 15.9. The number of aromatic nitrogens is 1. The first kappa shape index (κ1) is 13.1. The van der Waals surface area contributed by atoms with Crippen LogP contribution in [0.1, 0.15) is 27.0 Å². The molecule has 0 fully saturated rings. The summed E-state index contributed by atoms with van der Waals surface area (Å²) in [7, 11) is 0. The lowest BCUT2D eigenvalue weighted by molar-refractivity contribution is 0.103. The lowest BCUT2D eigenvalue weighted by atomic mass is 9.97. The van der Waals surface area contributed by atoms with Crippen LogP contribution in [-0.4, -0.2) is 10.8 Å². The van der Waals surface area contributed by atoms with Crippen LogP contribution < -0.4 is 0 Å². The lowest BCUT2D eigenvalue weighted by Crippen LogP contribution is -2.03. The van der Waals surface area contributed by atoms with Crippen molar-refractivity contribution in [1.82, 2.24) is 4.98 Å². The number of carbonyl (C=O) groups is 1. The number of rotatable bonds is 2. The quantitative estimate of drug-likeness (QED) is 0.675. The third kappa shape index (κ3) is 2.08. The summed E-state index contributed by atoms with van der Waals surface area (Å²) in [6.07, 6.45) is 1.79. The highest BCUT2D eigenvalue weighted by molar-refractivity contribution is 9.10. The number of carbonyl (C=O) groups excluding carboxylic acids is 1. The smallest absolute Gasteiger partial charge is 0.195 e. The molecular weight excluding hydrogens is 314 g/mol. The largest absolute Gasteiger partial charge is 0.360 e. The van der Waals surface area contributed by atoms with E-state index in [1.807, 2.05) is 50.2 Å². The van der Waals surface area contributed by atoms with Gasteiger partial charge >= 0.3 is 0 Å². The molecule has 1 N–H and O–H groups in total. The zero-order valence-corrected chi connectivity index (χ0v) is 12.9. The van der Waals surface area contributed by atoms with Crippen molar-refractivity contribution in [2.24, 2.45) is 0 Å². The predicted octanol–water partition coefficient (Wildman–Crippen LogP) is 4.78. The van der Waals surface area contributed by atoms with Gasteiger partial charge in [-0.2, -0.15) is 0 Å². The maximum atomic E-state index is 12.8. The molecule has 2 nitrogen and oxygen atoms in total. The first-order valence-electron chi connectivity index (χ1n) is 6.45. The number of aryl methyl sites for hydroxylation is 2. The third-order valence-corrected chi connectivity index (χ3v) is 4.19. The molecule has 0 unspecified atom stereocenters. The molecule has 0 amide bonds. The van der Waals surface area contributed by atoms with E-state index >= 15 is 0 Å². The summed E-state index contributed by atoms with van der Waals surface area (Å²) in [6, 6.07) is 11.8. The Labute approximate surface area is 126 Å². The van der Waals surface area contributed by atoms with Crippen LogP contribution in [0, 0.1) is 13.8 Å². The van der Waals surface area contributed by atoms with E-state index in [4.69, 9.17) is 0 Å². The Bertz CT molecular complexity index is 817. The van der Waals surface area contributed by atoms with Gasteiger partial charge in [-0.3, -0.25) is 4.79 Å². The molecular formula is C17H14BrNO. The normalized spacial score (nSPS) is 10.9. The molecule has 3 aromatic rings. The third-order valence-electron chi connectivity index (χ3n) is 3.53. The Hall–Kier alpha value is -1.87. The number of hydrogen-bond donors (Lipinski definition) is 1. The Morgan fingerprint density at radius 3 is 2.65 bits per heavy atom. The molecule has 0 saturated carbocycles. The molecule has 0 radical (unpaired) electrons. The standard InChI is InChI=1S/C17H14BrNO/c1-10-6-7-12(11(2)8-10)17(20)13-9-19-15-5-3-4-14(18)16(13)15/h3-9,19H,1-2H3. The van der Waals surface area contributed by atoms with E-state index in [9.17, 15) is 4.79 Å². The minimum atomic E-state index is 0.0562. The van der Waals surface area contributed by atoms with Gasteiger partial charge in [0.25, 0.3) is 0 Å². The fraction of sp³-hybridized carbons (Fsp3) is 0.118. The van der Waals surface area contributed by atoms with Gasteiger partial charge in [0.1, 0.15) is 0 Å². The molecule has 20 heavy (non-hydrogen) atoms. The van der Waals surface area contributed by atoms with Crippen molar-refractivity contribution >= 4 is 32.6 Å². The van der Waals surface area contributed by atoms with Gasteiger partial charge in [0.15, 0.2) is 5.78 Å². The Balaban J connectivity index is 2.18. The summed E-state index contributed by atoms with van der Waals surface area (Å²) in [6.45, 7) is 4.01. The molecule has 1 heterocycles. The Morgan fingerprint density at radius 2 is 1.90 bits per heavy atom. The van der Waals surface area contributed by atoms with Crippen LogP contribution in [0.15, 0.2) is 47.1 Å². The SMILES string of the molecule is Cc1ccc(C(=O)c2c[nH]c3cccc(Br)c23)c(C)c1. The second kappa shape index (κ2) is 4.91. The predicted molar refractivity (Wildman–Crippen MR) is 85.3 cm³/mol. The average Bonchev–Trinajstić information content (AvgIpc) is 2.83. The number of hydrogen-bond acceptors (Lipinski definition) is 1. The van der Waals surface area contributed by atoms with Crippen LogP contribution in [0.5, 0.6) is 0 Å². The molecule has 0 aliphatic rings. The number of ketones is 1. The number of nitrogens with one attached hydrogen (secondary N) is 1. The number of fused-ring (bicyclic) bond motifs is 1. The van der Waals surface area contributed by atoms with Crippen LogP contribution >= 0.6 is 15.9 Å². The average molecular weight is 328 g/mol. The molecule has 0 aliphatic heterocycles. The molecule has 0 atom stereocenters. The molecule has 2 aromatic carbocycles. The van der Waals surface area contributed by atoms with Crippen LogP contribution in [0.4, 0.5) is 0 Å². The second-order valence-electron chi connectivity index (χ2n) is 5.01. The van der Waals surface area contributed by atoms with E-state index in [0.29, 0.717) is 5.56 Å². The van der Waals surface area contributed by atoms with Crippen molar-refractivity contribution < 1.29 is 4.79 Å². The van der Waals surface area contributed by atoms with Crippen LogP contribution in [0.3, 0.4) is 0 Å². The zero-order chi connectivity index (χ0) is 14.3. The van der Waals surface area contributed by atoms with Gasteiger partial charge in [0.05, 0.1) is 0 Å². The Kier molecular flexibility index (Phi) is 3.22. The van der Waals surface area contributed by atoms with E-state index in [1.165, 1.54) is 5.56 Å². The monoisotopic (exact) mass is 327 g/mol. The van der Waals surface area contributed by atoms with Crippen molar-refractivity contribution in [1.29, 1.82) is 0 Å². The van der Waals surface area contributed by atoms with Crippen molar-refractivity contribution in [2.45, 2.75) is 13.8 Å². The van der Waals surface area contributed by atoms with Crippen molar-refractivity contribution in [3.8, 4) is 0 Å². The Morgan fingerprint density at radius 1 is 1.10 bits per heavy atom. The highest BCUT2D eigenvalue weighted by Crippen LogP contribution is 2.29. The molecule has 0 saturated heterocycles. The minimum Gasteiger partial charge on any atom is -0.360 e. The molecule has 0 aliphatic carbocycles. The van der Waals surface area contributed by atoms with Crippen LogP contribution in [-0.2, 0) is 0 Å². The number of H-pyrrole nitrogens is 1. The molecule has 3 heteroatoms. The molecule has 100 valence electrons. The zero-order valence-electron chi connectivity index (χ0n) is 11.3. The fourth-order valence-corrected chi connectivity index (χ4v) is 3.11. The van der Waals surface area contributed by atoms with Crippen molar-refractivity contribution in [2.75, 3.05) is 0 Å². The van der Waals surface area contributed by atoms with Gasteiger partial charge in [-0.25, -0.2) is 0 Å². The number of aromatic amines is 1.